The van der Waals surface area contributed by atoms with Crippen molar-refractivity contribution in [3.05, 3.63) is 58.1 Å². The Labute approximate surface area is 179 Å². The van der Waals surface area contributed by atoms with Crippen LogP contribution in [0.1, 0.15) is 24.2 Å². The van der Waals surface area contributed by atoms with E-state index in [1.54, 1.807) is 19.9 Å². The van der Waals surface area contributed by atoms with Crippen LogP contribution in [0.25, 0.3) is 0 Å². The summed E-state index contributed by atoms with van der Waals surface area (Å²) in [6, 6.07) is 9.90. The summed E-state index contributed by atoms with van der Waals surface area (Å²) < 4.78 is 31.2. The number of halogens is 2. The van der Waals surface area contributed by atoms with Gasteiger partial charge in [0.2, 0.25) is 10.0 Å². The Morgan fingerprint density at radius 3 is 2.21 bits per heavy atom. The molecule has 0 radical (unpaired) electrons. The maximum atomic E-state index is 12.5. The standard InChI is InChI=1S/C19H20Cl2N2O5S/c1-3-23(4-2)29(26,27)15-8-5-13(6-9-15)19(25)28-12-18(24)22-17-10-7-14(20)11-16(17)21/h5-11H,3-4,12H2,1-2H3,(H,22,24). The maximum absolute atomic E-state index is 12.5. The molecule has 156 valence electrons. The third-order valence-electron chi connectivity index (χ3n) is 3.97. The third kappa shape index (κ3) is 5.93. The van der Waals surface area contributed by atoms with Crippen LogP contribution in [0.2, 0.25) is 10.0 Å². The largest absolute Gasteiger partial charge is 0.452 e. The summed E-state index contributed by atoms with van der Waals surface area (Å²) in [5.74, 6) is -1.34. The second kappa shape index (κ2) is 10.1. The summed E-state index contributed by atoms with van der Waals surface area (Å²) in [5.41, 5.74) is 0.462. The minimum absolute atomic E-state index is 0.0767. The Hall–Kier alpha value is -2.13. The SMILES string of the molecule is CCN(CC)S(=O)(=O)c1ccc(C(=O)OCC(=O)Nc2ccc(Cl)cc2Cl)cc1. The lowest BCUT2D eigenvalue weighted by Gasteiger charge is -2.18. The van der Waals surface area contributed by atoms with E-state index >= 15 is 0 Å². The van der Waals surface area contributed by atoms with E-state index in [1.165, 1.54) is 40.7 Å². The van der Waals surface area contributed by atoms with Crippen molar-refractivity contribution in [2.45, 2.75) is 18.7 Å². The van der Waals surface area contributed by atoms with Gasteiger partial charge in [-0.3, -0.25) is 4.79 Å². The molecule has 0 heterocycles. The van der Waals surface area contributed by atoms with Gasteiger partial charge in [0.1, 0.15) is 0 Å². The number of carbonyl (C=O) groups is 2. The monoisotopic (exact) mass is 458 g/mol. The summed E-state index contributed by atoms with van der Waals surface area (Å²) in [7, 11) is -3.62. The van der Waals surface area contributed by atoms with Crippen molar-refractivity contribution in [2.75, 3.05) is 25.0 Å². The van der Waals surface area contributed by atoms with Crippen LogP contribution in [-0.2, 0) is 19.6 Å². The topological polar surface area (TPSA) is 92.8 Å². The van der Waals surface area contributed by atoms with Crippen molar-refractivity contribution in [3.8, 4) is 0 Å². The highest BCUT2D eigenvalue weighted by molar-refractivity contribution is 7.89. The smallest absolute Gasteiger partial charge is 0.338 e. The van der Waals surface area contributed by atoms with E-state index in [1.807, 2.05) is 0 Å². The first-order valence-electron chi connectivity index (χ1n) is 8.71. The van der Waals surface area contributed by atoms with Crippen LogP contribution in [0, 0.1) is 0 Å². The number of benzene rings is 2. The summed E-state index contributed by atoms with van der Waals surface area (Å²) in [6.07, 6.45) is 0. The molecule has 0 aromatic heterocycles. The van der Waals surface area contributed by atoms with Gasteiger partial charge in [0.15, 0.2) is 6.61 Å². The van der Waals surface area contributed by atoms with Gasteiger partial charge in [-0.1, -0.05) is 37.0 Å². The van der Waals surface area contributed by atoms with Gasteiger partial charge in [0, 0.05) is 18.1 Å². The van der Waals surface area contributed by atoms with Crippen LogP contribution in [-0.4, -0.2) is 44.3 Å². The number of sulfonamides is 1. The number of amides is 1. The highest BCUT2D eigenvalue weighted by Gasteiger charge is 2.22. The molecule has 0 bridgehead atoms. The summed E-state index contributed by atoms with van der Waals surface area (Å²) >= 11 is 11.8. The second-order valence-electron chi connectivity index (χ2n) is 5.86. The number of anilines is 1. The quantitative estimate of drug-likeness (QED) is 0.606. The minimum Gasteiger partial charge on any atom is -0.452 e. The number of nitrogens with zero attached hydrogens (tertiary/aromatic N) is 1. The summed E-state index contributed by atoms with van der Waals surface area (Å²) in [6.45, 7) is 3.64. The maximum Gasteiger partial charge on any atom is 0.338 e. The second-order valence-corrected chi connectivity index (χ2v) is 8.64. The van der Waals surface area contributed by atoms with Crippen LogP contribution < -0.4 is 5.32 Å². The first-order chi connectivity index (χ1) is 13.7. The summed E-state index contributed by atoms with van der Waals surface area (Å²) in [5, 5.41) is 3.18. The fraction of sp³-hybridized carbons (Fsp3) is 0.263. The highest BCUT2D eigenvalue weighted by Crippen LogP contribution is 2.25. The van der Waals surface area contributed by atoms with Crippen molar-refractivity contribution >= 4 is 50.8 Å². The average molecular weight is 459 g/mol. The number of ether oxygens (including phenoxy) is 1. The van der Waals surface area contributed by atoms with Gasteiger partial charge in [0.25, 0.3) is 5.91 Å². The molecule has 1 N–H and O–H groups in total. The van der Waals surface area contributed by atoms with Crippen LogP contribution >= 0.6 is 23.2 Å². The lowest BCUT2D eigenvalue weighted by Crippen LogP contribution is -2.30. The van der Waals surface area contributed by atoms with Gasteiger partial charge in [-0.25, -0.2) is 13.2 Å². The molecule has 0 saturated heterocycles. The average Bonchev–Trinajstić information content (AvgIpc) is 2.69. The highest BCUT2D eigenvalue weighted by atomic mass is 35.5. The zero-order valence-electron chi connectivity index (χ0n) is 15.8. The van der Waals surface area contributed by atoms with E-state index < -0.39 is 28.5 Å². The molecule has 10 heteroatoms. The molecule has 0 unspecified atom stereocenters. The molecule has 1 amide bonds. The van der Waals surface area contributed by atoms with Crippen LogP contribution in [0.5, 0.6) is 0 Å². The van der Waals surface area contributed by atoms with Crippen molar-refractivity contribution in [1.82, 2.24) is 4.31 Å². The fourth-order valence-electron chi connectivity index (χ4n) is 2.47. The number of hydrogen-bond acceptors (Lipinski definition) is 5. The van der Waals surface area contributed by atoms with Crippen molar-refractivity contribution < 1.29 is 22.7 Å². The zero-order chi connectivity index (χ0) is 21.6. The Kier molecular flexibility index (Phi) is 8.04. The number of nitrogens with one attached hydrogen (secondary N) is 1. The molecule has 0 aliphatic heterocycles. The Balaban J connectivity index is 1.98. The molecule has 2 aromatic carbocycles. The lowest BCUT2D eigenvalue weighted by atomic mass is 10.2. The van der Waals surface area contributed by atoms with Crippen LogP contribution in [0.3, 0.4) is 0 Å². The van der Waals surface area contributed by atoms with Crippen molar-refractivity contribution in [1.29, 1.82) is 0 Å². The van der Waals surface area contributed by atoms with E-state index in [2.05, 4.69) is 5.32 Å². The number of rotatable bonds is 8. The van der Waals surface area contributed by atoms with Crippen molar-refractivity contribution in [2.24, 2.45) is 0 Å². The van der Waals surface area contributed by atoms with Crippen LogP contribution in [0.15, 0.2) is 47.4 Å². The molecule has 0 aliphatic rings. The number of esters is 1. The molecule has 2 aromatic rings. The summed E-state index contributed by atoms with van der Waals surface area (Å²) in [4.78, 5) is 24.1. The molecular formula is C19H20Cl2N2O5S. The zero-order valence-corrected chi connectivity index (χ0v) is 18.1. The molecule has 7 nitrogen and oxygen atoms in total. The first kappa shape index (κ1) is 23.2. The molecule has 0 saturated carbocycles. The van der Waals surface area contributed by atoms with E-state index in [0.29, 0.717) is 23.8 Å². The molecule has 0 spiro atoms. The van der Waals surface area contributed by atoms with E-state index in [4.69, 9.17) is 27.9 Å². The molecule has 0 atom stereocenters. The van der Waals surface area contributed by atoms with Gasteiger partial charge >= 0.3 is 5.97 Å². The van der Waals surface area contributed by atoms with Gasteiger partial charge < -0.3 is 10.1 Å². The van der Waals surface area contributed by atoms with Crippen molar-refractivity contribution in [3.63, 3.8) is 0 Å². The van der Waals surface area contributed by atoms with Gasteiger partial charge in [-0.2, -0.15) is 4.31 Å². The minimum atomic E-state index is -3.62. The normalized spacial score (nSPS) is 11.3. The molecule has 0 aliphatic carbocycles. The Morgan fingerprint density at radius 1 is 1.03 bits per heavy atom. The van der Waals surface area contributed by atoms with Gasteiger partial charge in [0.05, 0.1) is 21.2 Å². The number of carbonyl (C=O) groups excluding carboxylic acids is 2. The van der Waals surface area contributed by atoms with E-state index in [9.17, 15) is 18.0 Å². The van der Waals surface area contributed by atoms with E-state index in [0.717, 1.165) is 0 Å². The van der Waals surface area contributed by atoms with E-state index in [-0.39, 0.29) is 15.5 Å². The third-order valence-corrected chi connectivity index (χ3v) is 6.58. The lowest BCUT2D eigenvalue weighted by molar-refractivity contribution is -0.119. The number of hydrogen-bond donors (Lipinski definition) is 1. The van der Waals surface area contributed by atoms with Gasteiger partial charge in [-0.15, -0.1) is 0 Å². The molecule has 29 heavy (non-hydrogen) atoms. The van der Waals surface area contributed by atoms with Crippen LogP contribution in [0.4, 0.5) is 5.69 Å². The molecular weight excluding hydrogens is 439 g/mol. The predicted molar refractivity (Wildman–Crippen MR) is 112 cm³/mol. The molecule has 0 fully saturated rings. The Morgan fingerprint density at radius 2 is 1.66 bits per heavy atom. The predicted octanol–water partition coefficient (Wildman–Crippen LogP) is 3.82. The molecule has 2 rings (SSSR count). The Bertz CT molecular complexity index is 990. The van der Waals surface area contributed by atoms with Gasteiger partial charge in [-0.05, 0) is 42.5 Å². The first-order valence-corrected chi connectivity index (χ1v) is 10.9. The fourth-order valence-corrected chi connectivity index (χ4v) is 4.38.